The van der Waals surface area contributed by atoms with Gasteiger partial charge in [-0.15, -0.1) is 6.58 Å². The number of hydrogen-bond acceptors (Lipinski definition) is 6. The maximum atomic E-state index is 12.8. The lowest BCUT2D eigenvalue weighted by Crippen LogP contribution is -2.23. The maximum absolute atomic E-state index is 12.8. The average molecular weight is 465 g/mol. The van der Waals surface area contributed by atoms with E-state index in [-0.39, 0.29) is 28.7 Å². The van der Waals surface area contributed by atoms with Crippen molar-refractivity contribution in [2.45, 2.75) is 16.6 Å². The molecule has 0 unspecified atom stereocenters. The lowest BCUT2D eigenvalue weighted by molar-refractivity contribution is -0.113. The van der Waals surface area contributed by atoms with Gasteiger partial charge in [-0.3, -0.25) is 14.2 Å². The van der Waals surface area contributed by atoms with Crippen LogP contribution in [0, 0.1) is 0 Å². The molecule has 0 spiro atoms. The SMILES string of the molecule is C=CCn1c(SCC(=O)Nc2ccc(S(N)(=O)=O)cc2)nc2cc(Cl)ccc2c1=O. The van der Waals surface area contributed by atoms with Crippen molar-refractivity contribution in [1.82, 2.24) is 9.55 Å². The summed E-state index contributed by atoms with van der Waals surface area (Å²) in [6.07, 6.45) is 1.57. The number of rotatable bonds is 7. The Kier molecular flexibility index (Phi) is 6.61. The van der Waals surface area contributed by atoms with Gasteiger partial charge >= 0.3 is 0 Å². The molecular formula is C19H17ClN4O4S2. The summed E-state index contributed by atoms with van der Waals surface area (Å²) in [6.45, 7) is 3.90. The number of thioether (sulfide) groups is 1. The minimum absolute atomic E-state index is 0.0212. The Balaban J connectivity index is 1.79. The van der Waals surface area contributed by atoms with Crippen molar-refractivity contribution in [2.24, 2.45) is 5.14 Å². The van der Waals surface area contributed by atoms with Crippen LogP contribution < -0.4 is 16.0 Å². The quantitative estimate of drug-likeness (QED) is 0.314. The Morgan fingerprint density at radius 2 is 1.97 bits per heavy atom. The van der Waals surface area contributed by atoms with Gasteiger partial charge in [0.1, 0.15) is 0 Å². The van der Waals surface area contributed by atoms with Crippen LogP contribution >= 0.6 is 23.4 Å². The highest BCUT2D eigenvalue weighted by molar-refractivity contribution is 7.99. The van der Waals surface area contributed by atoms with Crippen molar-refractivity contribution in [3.05, 3.63) is 70.5 Å². The number of allylic oxidation sites excluding steroid dienone is 1. The molecule has 3 aromatic rings. The first kappa shape index (κ1) is 22.0. The average Bonchev–Trinajstić information content (AvgIpc) is 2.68. The number of carbonyl (C=O) groups excluding carboxylic acids is 1. The fraction of sp³-hybridized carbons (Fsp3) is 0.105. The molecule has 2 aromatic carbocycles. The molecule has 3 rings (SSSR count). The number of benzene rings is 2. The smallest absolute Gasteiger partial charge is 0.262 e. The molecule has 1 aromatic heterocycles. The summed E-state index contributed by atoms with van der Waals surface area (Å²) in [4.78, 5) is 29.5. The predicted octanol–water partition coefficient (Wildman–Crippen LogP) is 2.61. The van der Waals surface area contributed by atoms with Gasteiger partial charge in [0.25, 0.3) is 5.56 Å². The van der Waals surface area contributed by atoms with Gasteiger partial charge in [0, 0.05) is 17.3 Å². The molecule has 0 radical (unpaired) electrons. The van der Waals surface area contributed by atoms with E-state index in [2.05, 4.69) is 16.9 Å². The number of fused-ring (bicyclic) bond motifs is 1. The molecule has 0 bridgehead atoms. The van der Waals surface area contributed by atoms with Gasteiger partial charge < -0.3 is 5.32 Å². The van der Waals surface area contributed by atoms with E-state index < -0.39 is 10.0 Å². The first-order chi connectivity index (χ1) is 14.2. The molecule has 0 fully saturated rings. The molecule has 0 atom stereocenters. The second-order valence-corrected chi connectivity index (χ2v) is 9.11. The van der Waals surface area contributed by atoms with Crippen LogP contribution in [0.25, 0.3) is 10.9 Å². The monoisotopic (exact) mass is 464 g/mol. The van der Waals surface area contributed by atoms with E-state index in [0.29, 0.717) is 26.8 Å². The Labute approximate surface area is 181 Å². The molecule has 30 heavy (non-hydrogen) atoms. The molecule has 11 heteroatoms. The van der Waals surface area contributed by atoms with Crippen molar-refractivity contribution in [2.75, 3.05) is 11.1 Å². The standard InChI is InChI=1S/C19H17ClN4O4S2/c1-2-9-24-18(26)15-8-3-12(20)10-16(15)23-19(24)29-11-17(25)22-13-4-6-14(7-5-13)30(21,27)28/h2-8,10H,1,9,11H2,(H,22,25)(H2,21,27,28). The van der Waals surface area contributed by atoms with Gasteiger partial charge in [0.2, 0.25) is 15.9 Å². The van der Waals surface area contributed by atoms with E-state index in [1.165, 1.54) is 28.8 Å². The van der Waals surface area contributed by atoms with E-state index in [4.69, 9.17) is 16.7 Å². The van der Waals surface area contributed by atoms with Gasteiger partial charge in [0.05, 0.1) is 21.6 Å². The van der Waals surface area contributed by atoms with Gasteiger partial charge in [-0.25, -0.2) is 18.5 Å². The van der Waals surface area contributed by atoms with Crippen molar-refractivity contribution < 1.29 is 13.2 Å². The van der Waals surface area contributed by atoms with E-state index >= 15 is 0 Å². The summed E-state index contributed by atoms with van der Waals surface area (Å²) in [5, 5.41) is 8.93. The Morgan fingerprint density at radius 3 is 2.60 bits per heavy atom. The second-order valence-electron chi connectivity index (χ2n) is 6.17. The van der Waals surface area contributed by atoms with Crippen LogP contribution in [0.5, 0.6) is 0 Å². The summed E-state index contributed by atoms with van der Waals surface area (Å²) < 4.78 is 24.0. The lowest BCUT2D eigenvalue weighted by Gasteiger charge is -2.12. The molecule has 8 nitrogen and oxygen atoms in total. The molecule has 0 aliphatic heterocycles. The van der Waals surface area contributed by atoms with Crippen molar-refractivity contribution in [1.29, 1.82) is 0 Å². The third kappa shape index (κ3) is 5.08. The highest BCUT2D eigenvalue weighted by Crippen LogP contribution is 2.21. The van der Waals surface area contributed by atoms with Crippen LogP contribution in [0.4, 0.5) is 5.69 Å². The summed E-state index contributed by atoms with van der Waals surface area (Å²) in [7, 11) is -3.80. The maximum Gasteiger partial charge on any atom is 0.262 e. The van der Waals surface area contributed by atoms with E-state index in [0.717, 1.165) is 11.8 Å². The zero-order valence-corrected chi connectivity index (χ0v) is 17.9. The Hall–Kier alpha value is -2.66. The molecule has 1 heterocycles. The van der Waals surface area contributed by atoms with Gasteiger partial charge in [-0.1, -0.05) is 29.4 Å². The third-order valence-corrected chi connectivity index (χ3v) is 6.13. The van der Waals surface area contributed by atoms with Crippen LogP contribution in [-0.4, -0.2) is 29.6 Å². The lowest BCUT2D eigenvalue weighted by atomic mass is 10.2. The first-order valence-electron chi connectivity index (χ1n) is 8.55. The number of nitrogens with one attached hydrogen (secondary N) is 1. The fourth-order valence-corrected chi connectivity index (χ4v) is 4.12. The minimum Gasteiger partial charge on any atom is -0.325 e. The van der Waals surface area contributed by atoms with Crippen LogP contribution in [0.2, 0.25) is 5.02 Å². The van der Waals surface area contributed by atoms with Crippen LogP contribution in [0.1, 0.15) is 0 Å². The number of nitrogens with two attached hydrogens (primary N) is 1. The molecule has 1 amide bonds. The molecule has 0 aliphatic carbocycles. The molecule has 3 N–H and O–H groups in total. The number of nitrogens with zero attached hydrogens (tertiary/aromatic N) is 2. The summed E-state index contributed by atoms with van der Waals surface area (Å²) >= 11 is 7.09. The highest BCUT2D eigenvalue weighted by Gasteiger charge is 2.14. The zero-order valence-electron chi connectivity index (χ0n) is 15.5. The summed E-state index contributed by atoms with van der Waals surface area (Å²) in [6, 6.07) is 10.3. The predicted molar refractivity (Wildman–Crippen MR) is 118 cm³/mol. The number of aromatic nitrogens is 2. The van der Waals surface area contributed by atoms with Crippen molar-refractivity contribution in [3.63, 3.8) is 0 Å². The zero-order chi connectivity index (χ0) is 21.9. The largest absolute Gasteiger partial charge is 0.325 e. The normalized spacial score (nSPS) is 11.4. The van der Waals surface area contributed by atoms with E-state index in [1.54, 1.807) is 24.3 Å². The number of primary sulfonamides is 1. The number of anilines is 1. The molecular weight excluding hydrogens is 448 g/mol. The van der Waals surface area contributed by atoms with Crippen molar-refractivity contribution in [3.8, 4) is 0 Å². The summed E-state index contributed by atoms with van der Waals surface area (Å²) in [5.41, 5.74) is 0.599. The van der Waals surface area contributed by atoms with Crippen LogP contribution in [0.3, 0.4) is 0 Å². The summed E-state index contributed by atoms with van der Waals surface area (Å²) in [5.74, 6) is -0.374. The number of hydrogen-bond donors (Lipinski definition) is 2. The number of sulfonamides is 1. The van der Waals surface area contributed by atoms with Crippen LogP contribution in [0.15, 0.2) is 70.0 Å². The fourth-order valence-electron chi connectivity index (χ4n) is 2.63. The van der Waals surface area contributed by atoms with Gasteiger partial charge in [-0.2, -0.15) is 0 Å². The number of carbonyl (C=O) groups is 1. The third-order valence-electron chi connectivity index (χ3n) is 3.99. The van der Waals surface area contributed by atoms with Crippen molar-refractivity contribution >= 4 is 55.9 Å². The first-order valence-corrected chi connectivity index (χ1v) is 11.5. The molecule has 0 aliphatic rings. The Bertz CT molecular complexity index is 1290. The van der Waals surface area contributed by atoms with E-state index in [9.17, 15) is 18.0 Å². The molecule has 156 valence electrons. The highest BCUT2D eigenvalue weighted by atomic mass is 35.5. The number of amides is 1. The second kappa shape index (κ2) is 9.00. The minimum atomic E-state index is -3.80. The van der Waals surface area contributed by atoms with Crippen LogP contribution in [-0.2, 0) is 21.4 Å². The number of halogens is 1. The molecule has 0 saturated carbocycles. The van der Waals surface area contributed by atoms with Gasteiger partial charge in [-0.05, 0) is 42.5 Å². The molecule has 0 saturated heterocycles. The Morgan fingerprint density at radius 1 is 1.27 bits per heavy atom. The van der Waals surface area contributed by atoms with E-state index in [1.807, 2.05) is 0 Å². The van der Waals surface area contributed by atoms with Gasteiger partial charge in [0.15, 0.2) is 5.16 Å². The topological polar surface area (TPSA) is 124 Å².